The number of aliphatic hydroxyl groups is 1. The molecule has 0 fully saturated rings. The molecule has 0 saturated heterocycles. The third kappa shape index (κ3) is 3.38. The first-order valence-electron chi connectivity index (χ1n) is 5.48. The quantitative estimate of drug-likeness (QED) is 0.758. The highest BCUT2D eigenvalue weighted by Gasteiger charge is 2.08. The highest BCUT2D eigenvalue weighted by Crippen LogP contribution is 2.38. The Kier molecular flexibility index (Phi) is 4.90. The third-order valence-electron chi connectivity index (χ3n) is 2.49. The van der Waals surface area contributed by atoms with Gasteiger partial charge in [0.05, 0.1) is 6.10 Å². The van der Waals surface area contributed by atoms with Crippen LogP contribution in [0, 0.1) is 0 Å². The molecule has 2 aromatic carbocycles. The lowest BCUT2D eigenvalue weighted by molar-refractivity contribution is 0.199. The topological polar surface area (TPSA) is 20.2 Å². The van der Waals surface area contributed by atoms with E-state index < -0.39 is 6.10 Å². The van der Waals surface area contributed by atoms with E-state index in [9.17, 15) is 5.11 Å². The van der Waals surface area contributed by atoms with Gasteiger partial charge in [0.2, 0.25) is 0 Å². The SMILES string of the molecule is C[C@@H](O)c1ccc(Sc2ccccc2Br)c(Br)c1. The van der Waals surface area contributed by atoms with Crippen molar-refractivity contribution in [3.63, 3.8) is 0 Å². The van der Waals surface area contributed by atoms with E-state index >= 15 is 0 Å². The van der Waals surface area contributed by atoms with Crippen LogP contribution in [0.25, 0.3) is 0 Å². The molecule has 0 spiro atoms. The van der Waals surface area contributed by atoms with E-state index in [1.165, 1.54) is 4.90 Å². The van der Waals surface area contributed by atoms with Crippen LogP contribution in [0.1, 0.15) is 18.6 Å². The van der Waals surface area contributed by atoms with Crippen molar-refractivity contribution < 1.29 is 5.11 Å². The second kappa shape index (κ2) is 6.24. The Morgan fingerprint density at radius 2 is 1.67 bits per heavy atom. The predicted molar refractivity (Wildman–Crippen MR) is 83.0 cm³/mol. The maximum Gasteiger partial charge on any atom is 0.0762 e. The Morgan fingerprint density at radius 1 is 1.00 bits per heavy atom. The molecule has 0 radical (unpaired) electrons. The van der Waals surface area contributed by atoms with Crippen molar-refractivity contribution >= 4 is 43.6 Å². The van der Waals surface area contributed by atoms with Crippen LogP contribution in [0.5, 0.6) is 0 Å². The summed E-state index contributed by atoms with van der Waals surface area (Å²) in [5.41, 5.74) is 0.915. The maximum absolute atomic E-state index is 9.54. The fraction of sp³-hybridized carbons (Fsp3) is 0.143. The van der Waals surface area contributed by atoms with Crippen LogP contribution in [0.3, 0.4) is 0 Å². The minimum Gasteiger partial charge on any atom is -0.389 e. The Bertz CT molecular complexity index is 555. The number of hydrogen-bond donors (Lipinski definition) is 1. The van der Waals surface area contributed by atoms with Gasteiger partial charge in [0.1, 0.15) is 0 Å². The van der Waals surface area contributed by atoms with Crippen LogP contribution in [0.2, 0.25) is 0 Å². The van der Waals surface area contributed by atoms with Gasteiger partial charge >= 0.3 is 0 Å². The molecular formula is C14H12Br2OS. The average molecular weight is 388 g/mol. The minimum atomic E-state index is -0.441. The second-order valence-corrected chi connectivity index (χ2v) is 6.69. The number of hydrogen-bond acceptors (Lipinski definition) is 2. The molecule has 4 heteroatoms. The molecule has 0 aliphatic rings. The lowest BCUT2D eigenvalue weighted by atomic mass is 10.1. The zero-order chi connectivity index (χ0) is 13.1. The lowest BCUT2D eigenvalue weighted by Crippen LogP contribution is -1.90. The van der Waals surface area contributed by atoms with E-state index in [-0.39, 0.29) is 0 Å². The fourth-order valence-corrected chi connectivity index (χ4v) is 3.51. The number of halogens is 2. The summed E-state index contributed by atoms with van der Waals surface area (Å²) >= 11 is 8.78. The molecule has 1 nitrogen and oxygen atoms in total. The molecule has 0 saturated carbocycles. The Balaban J connectivity index is 2.28. The first-order chi connectivity index (χ1) is 8.58. The van der Waals surface area contributed by atoms with Crippen molar-refractivity contribution in [2.45, 2.75) is 22.8 Å². The molecule has 0 aromatic heterocycles. The summed E-state index contributed by atoms with van der Waals surface area (Å²) in [6.45, 7) is 1.77. The number of rotatable bonds is 3. The standard InChI is InChI=1S/C14H12Br2OS/c1-9(17)10-6-7-14(12(16)8-10)18-13-5-3-2-4-11(13)15/h2-9,17H,1H3/t9-/m1/s1. The average Bonchev–Trinajstić information content (AvgIpc) is 2.34. The van der Waals surface area contributed by atoms with Crippen LogP contribution < -0.4 is 0 Å². The first kappa shape index (κ1) is 14.1. The predicted octanol–water partition coefficient (Wildman–Crippen LogP) is 5.42. The largest absolute Gasteiger partial charge is 0.389 e. The molecule has 0 aliphatic heterocycles. The van der Waals surface area contributed by atoms with Crippen molar-refractivity contribution in [2.75, 3.05) is 0 Å². The van der Waals surface area contributed by atoms with Gasteiger partial charge in [-0.15, -0.1) is 0 Å². The van der Waals surface area contributed by atoms with Crippen LogP contribution >= 0.6 is 43.6 Å². The van der Waals surface area contributed by atoms with Crippen molar-refractivity contribution in [2.24, 2.45) is 0 Å². The molecule has 0 heterocycles. The summed E-state index contributed by atoms with van der Waals surface area (Å²) in [6.07, 6.45) is -0.441. The normalized spacial score (nSPS) is 12.4. The van der Waals surface area contributed by atoms with Crippen LogP contribution in [-0.4, -0.2) is 5.11 Å². The summed E-state index contributed by atoms with van der Waals surface area (Å²) < 4.78 is 2.09. The summed E-state index contributed by atoms with van der Waals surface area (Å²) in [4.78, 5) is 2.30. The molecule has 2 rings (SSSR count). The first-order valence-corrected chi connectivity index (χ1v) is 7.88. The van der Waals surface area contributed by atoms with Gasteiger partial charge in [-0.25, -0.2) is 0 Å². The van der Waals surface area contributed by atoms with E-state index in [0.717, 1.165) is 19.4 Å². The van der Waals surface area contributed by atoms with Crippen LogP contribution in [0.4, 0.5) is 0 Å². The minimum absolute atomic E-state index is 0.441. The third-order valence-corrected chi connectivity index (χ3v) is 5.52. The molecule has 18 heavy (non-hydrogen) atoms. The molecular weight excluding hydrogens is 376 g/mol. The smallest absolute Gasteiger partial charge is 0.0762 e. The fourth-order valence-electron chi connectivity index (χ4n) is 1.51. The lowest BCUT2D eigenvalue weighted by Gasteiger charge is -2.10. The Hall–Kier alpha value is -0.290. The van der Waals surface area contributed by atoms with E-state index in [1.807, 2.05) is 36.4 Å². The molecule has 1 atom stereocenters. The molecule has 1 N–H and O–H groups in total. The van der Waals surface area contributed by atoms with Crippen LogP contribution in [-0.2, 0) is 0 Å². The van der Waals surface area contributed by atoms with Gasteiger partial charge in [0.15, 0.2) is 0 Å². The summed E-state index contributed by atoms with van der Waals surface area (Å²) in [6, 6.07) is 14.1. The summed E-state index contributed by atoms with van der Waals surface area (Å²) in [7, 11) is 0. The molecule has 0 bridgehead atoms. The Morgan fingerprint density at radius 3 is 2.28 bits per heavy atom. The molecule has 94 valence electrons. The maximum atomic E-state index is 9.54. The van der Waals surface area contributed by atoms with Gasteiger partial charge in [-0.3, -0.25) is 0 Å². The van der Waals surface area contributed by atoms with Crippen molar-refractivity contribution in [1.82, 2.24) is 0 Å². The van der Waals surface area contributed by atoms with Gasteiger partial charge in [-0.05, 0) is 68.6 Å². The monoisotopic (exact) mass is 386 g/mol. The molecule has 0 unspecified atom stereocenters. The van der Waals surface area contributed by atoms with E-state index in [4.69, 9.17) is 0 Å². The van der Waals surface area contributed by atoms with Gasteiger partial charge in [-0.1, -0.05) is 30.0 Å². The van der Waals surface area contributed by atoms with Gasteiger partial charge in [0.25, 0.3) is 0 Å². The van der Waals surface area contributed by atoms with Gasteiger partial charge in [0, 0.05) is 18.7 Å². The number of benzene rings is 2. The van der Waals surface area contributed by atoms with Crippen molar-refractivity contribution in [3.05, 3.63) is 57.0 Å². The van der Waals surface area contributed by atoms with E-state index in [2.05, 4.69) is 37.9 Å². The van der Waals surface area contributed by atoms with Crippen LogP contribution in [0.15, 0.2) is 61.2 Å². The van der Waals surface area contributed by atoms with E-state index in [1.54, 1.807) is 18.7 Å². The Labute approximate surface area is 128 Å². The molecule has 2 aromatic rings. The second-order valence-electron chi connectivity index (χ2n) is 3.90. The van der Waals surface area contributed by atoms with Gasteiger partial charge < -0.3 is 5.11 Å². The van der Waals surface area contributed by atoms with Gasteiger partial charge in [-0.2, -0.15) is 0 Å². The zero-order valence-corrected chi connectivity index (χ0v) is 13.7. The zero-order valence-electron chi connectivity index (χ0n) is 9.73. The van der Waals surface area contributed by atoms with Crippen molar-refractivity contribution in [1.29, 1.82) is 0 Å². The van der Waals surface area contributed by atoms with Crippen molar-refractivity contribution in [3.8, 4) is 0 Å². The highest BCUT2D eigenvalue weighted by molar-refractivity contribution is 9.11. The highest BCUT2D eigenvalue weighted by atomic mass is 79.9. The molecule has 0 aliphatic carbocycles. The number of aliphatic hydroxyl groups excluding tert-OH is 1. The molecule has 0 amide bonds. The summed E-state index contributed by atoms with van der Waals surface area (Å²) in [5, 5.41) is 9.54. The summed E-state index contributed by atoms with van der Waals surface area (Å²) in [5.74, 6) is 0. The van der Waals surface area contributed by atoms with E-state index in [0.29, 0.717) is 0 Å².